The molecule has 1 aliphatic rings. The molecule has 1 heterocycles. The van der Waals surface area contributed by atoms with E-state index in [0.717, 1.165) is 0 Å². The molecule has 1 nitrogen and oxygen atoms in total. The number of hydrogen-bond donors (Lipinski definition) is 0. The van der Waals surface area contributed by atoms with E-state index < -0.39 is 0 Å². The second-order valence-electron chi connectivity index (χ2n) is 3.30. The fourth-order valence-electron chi connectivity index (χ4n) is 1.20. The molecular formula is C9H11N. The molecular weight excluding hydrogens is 122 g/mol. The van der Waals surface area contributed by atoms with Crippen LogP contribution in [0.5, 0.6) is 0 Å². The minimum absolute atomic E-state index is 0.480. The van der Waals surface area contributed by atoms with Crippen molar-refractivity contribution in [1.29, 1.82) is 0 Å². The zero-order chi connectivity index (χ0) is 7.03. The van der Waals surface area contributed by atoms with Crippen molar-refractivity contribution in [2.45, 2.75) is 25.2 Å². The third-order valence-corrected chi connectivity index (χ3v) is 2.36. The van der Waals surface area contributed by atoms with E-state index in [9.17, 15) is 0 Å². The zero-order valence-electron chi connectivity index (χ0n) is 6.17. The minimum atomic E-state index is 0.480. The Morgan fingerprint density at radius 3 is 2.80 bits per heavy atom. The Kier molecular flexibility index (Phi) is 1.07. The summed E-state index contributed by atoms with van der Waals surface area (Å²) in [4.78, 5) is 4.09. The summed E-state index contributed by atoms with van der Waals surface area (Å²) in [7, 11) is 0. The predicted octanol–water partition coefficient (Wildman–Crippen LogP) is 2.13. The van der Waals surface area contributed by atoms with Gasteiger partial charge in [0.2, 0.25) is 0 Å². The van der Waals surface area contributed by atoms with Gasteiger partial charge in [0.05, 0.1) is 0 Å². The Bertz CT molecular complexity index is 224. The van der Waals surface area contributed by atoms with Crippen molar-refractivity contribution in [3.05, 3.63) is 30.1 Å². The van der Waals surface area contributed by atoms with E-state index >= 15 is 0 Å². The Morgan fingerprint density at radius 2 is 2.30 bits per heavy atom. The summed E-state index contributed by atoms with van der Waals surface area (Å²) in [6.45, 7) is 2.30. The summed E-state index contributed by atoms with van der Waals surface area (Å²) in [6, 6.07) is 4.18. The number of pyridine rings is 1. The second kappa shape index (κ2) is 1.82. The molecule has 0 spiro atoms. The second-order valence-corrected chi connectivity index (χ2v) is 3.30. The number of nitrogens with zero attached hydrogens (tertiary/aromatic N) is 1. The monoisotopic (exact) mass is 133 g/mol. The Balaban J connectivity index is 2.35. The van der Waals surface area contributed by atoms with Gasteiger partial charge in [-0.1, -0.05) is 13.0 Å². The van der Waals surface area contributed by atoms with E-state index in [1.165, 1.54) is 18.4 Å². The van der Waals surface area contributed by atoms with Crippen LogP contribution in [0.4, 0.5) is 0 Å². The quantitative estimate of drug-likeness (QED) is 0.572. The van der Waals surface area contributed by atoms with Crippen LogP contribution in [0.3, 0.4) is 0 Å². The van der Waals surface area contributed by atoms with Crippen LogP contribution < -0.4 is 0 Å². The van der Waals surface area contributed by atoms with Crippen LogP contribution in [-0.2, 0) is 5.41 Å². The SMILES string of the molecule is CC1(c2cccnc2)CC1. The molecule has 1 aromatic rings. The number of hydrogen-bond acceptors (Lipinski definition) is 1. The minimum Gasteiger partial charge on any atom is -0.264 e. The zero-order valence-corrected chi connectivity index (χ0v) is 6.17. The van der Waals surface area contributed by atoms with Gasteiger partial charge in [0, 0.05) is 12.4 Å². The Labute approximate surface area is 61.1 Å². The Hall–Kier alpha value is -0.850. The highest BCUT2D eigenvalue weighted by atomic mass is 14.6. The van der Waals surface area contributed by atoms with E-state index in [-0.39, 0.29) is 0 Å². The van der Waals surface area contributed by atoms with Gasteiger partial charge in [-0.3, -0.25) is 4.98 Å². The predicted molar refractivity (Wildman–Crippen MR) is 40.8 cm³/mol. The van der Waals surface area contributed by atoms with E-state index in [1.807, 2.05) is 18.5 Å². The third-order valence-electron chi connectivity index (χ3n) is 2.36. The summed E-state index contributed by atoms with van der Waals surface area (Å²) in [5.74, 6) is 0. The molecule has 1 aliphatic carbocycles. The van der Waals surface area contributed by atoms with Crippen LogP contribution in [-0.4, -0.2) is 4.98 Å². The molecule has 0 amide bonds. The highest BCUT2D eigenvalue weighted by Crippen LogP contribution is 2.46. The van der Waals surface area contributed by atoms with Crippen LogP contribution in [0.25, 0.3) is 0 Å². The Morgan fingerprint density at radius 1 is 1.50 bits per heavy atom. The van der Waals surface area contributed by atoms with Crippen molar-refractivity contribution in [3.63, 3.8) is 0 Å². The maximum atomic E-state index is 4.09. The van der Waals surface area contributed by atoms with Gasteiger partial charge in [0.25, 0.3) is 0 Å². The molecule has 10 heavy (non-hydrogen) atoms. The largest absolute Gasteiger partial charge is 0.264 e. The first kappa shape index (κ1) is 5.90. The fourth-order valence-corrected chi connectivity index (χ4v) is 1.20. The maximum absolute atomic E-state index is 4.09. The summed E-state index contributed by atoms with van der Waals surface area (Å²) in [5, 5.41) is 0. The smallest absolute Gasteiger partial charge is 0.0305 e. The summed E-state index contributed by atoms with van der Waals surface area (Å²) in [6.07, 6.45) is 6.47. The third kappa shape index (κ3) is 0.821. The molecule has 0 N–H and O–H groups in total. The van der Waals surface area contributed by atoms with Crippen LogP contribution in [0.2, 0.25) is 0 Å². The van der Waals surface area contributed by atoms with Gasteiger partial charge in [-0.25, -0.2) is 0 Å². The lowest BCUT2D eigenvalue weighted by molar-refractivity contribution is 0.781. The van der Waals surface area contributed by atoms with E-state index in [1.54, 1.807) is 0 Å². The molecule has 0 aliphatic heterocycles. The maximum Gasteiger partial charge on any atom is 0.0305 e. The number of rotatable bonds is 1. The van der Waals surface area contributed by atoms with Gasteiger partial charge in [-0.2, -0.15) is 0 Å². The van der Waals surface area contributed by atoms with E-state index in [4.69, 9.17) is 0 Å². The van der Waals surface area contributed by atoms with Gasteiger partial charge in [0.15, 0.2) is 0 Å². The van der Waals surface area contributed by atoms with Gasteiger partial charge in [-0.05, 0) is 29.9 Å². The van der Waals surface area contributed by atoms with Crippen molar-refractivity contribution >= 4 is 0 Å². The van der Waals surface area contributed by atoms with Gasteiger partial charge < -0.3 is 0 Å². The molecule has 0 saturated heterocycles. The highest BCUT2D eigenvalue weighted by Gasteiger charge is 2.38. The molecule has 1 fully saturated rings. The average Bonchev–Trinajstić information content (AvgIpc) is 2.72. The summed E-state index contributed by atoms with van der Waals surface area (Å²) in [5.41, 5.74) is 1.88. The molecule has 0 atom stereocenters. The van der Waals surface area contributed by atoms with Gasteiger partial charge in [-0.15, -0.1) is 0 Å². The molecule has 0 radical (unpaired) electrons. The van der Waals surface area contributed by atoms with E-state index in [2.05, 4.69) is 18.0 Å². The molecule has 52 valence electrons. The molecule has 1 aromatic heterocycles. The topological polar surface area (TPSA) is 12.9 Å². The van der Waals surface area contributed by atoms with Crippen molar-refractivity contribution in [2.75, 3.05) is 0 Å². The highest BCUT2D eigenvalue weighted by molar-refractivity contribution is 5.26. The molecule has 1 heteroatoms. The lowest BCUT2D eigenvalue weighted by atomic mass is 10.0. The van der Waals surface area contributed by atoms with Crippen molar-refractivity contribution in [1.82, 2.24) is 4.98 Å². The summed E-state index contributed by atoms with van der Waals surface area (Å²) < 4.78 is 0. The van der Waals surface area contributed by atoms with Crippen molar-refractivity contribution < 1.29 is 0 Å². The van der Waals surface area contributed by atoms with Gasteiger partial charge in [0.1, 0.15) is 0 Å². The average molecular weight is 133 g/mol. The van der Waals surface area contributed by atoms with E-state index in [0.29, 0.717) is 5.41 Å². The first-order valence-corrected chi connectivity index (χ1v) is 3.72. The fraction of sp³-hybridized carbons (Fsp3) is 0.444. The lowest BCUT2D eigenvalue weighted by Gasteiger charge is -2.05. The van der Waals surface area contributed by atoms with Crippen LogP contribution >= 0.6 is 0 Å². The van der Waals surface area contributed by atoms with Crippen LogP contribution in [0.1, 0.15) is 25.3 Å². The number of aromatic nitrogens is 1. The standard InChI is InChI=1S/C9H11N/c1-9(4-5-9)8-3-2-6-10-7-8/h2-3,6-7H,4-5H2,1H3. The molecule has 1 saturated carbocycles. The lowest BCUT2D eigenvalue weighted by Crippen LogP contribution is -1.98. The first-order chi connectivity index (χ1) is 4.81. The molecule has 0 bridgehead atoms. The van der Waals surface area contributed by atoms with Crippen LogP contribution in [0.15, 0.2) is 24.5 Å². The van der Waals surface area contributed by atoms with Crippen molar-refractivity contribution in [2.24, 2.45) is 0 Å². The van der Waals surface area contributed by atoms with Crippen LogP contribution in [0, 0.1) is 0 Å². The molecule has 0 unspecified atom stereocenters. The van der Waals surface area contributed by atoms with Gasteiger partial charge >= 0.3 is 0 Å². The van der Waals surface area contributed by atoms with Crippen molar-refractivity contribution in [3.8, 4) is 0 Å². The summed E-state index contributed by atoms with van der Waals surface area (Å²) >= 11 is 0. The molecule has 0 aromatic carbocycles. The first-order valence-electron chi connectivity index (χ1n) is 3.72. The molecule has 2 rings (SSSR count). The normalized spacial score (nSPS) is 20.5.